The number of rotatable bonds is 0. The van der Waals surface area contributed by atoms with Crippen LogP contribution in [0.15, 0.2) is 0 Å². The highest BCUT2D eigenvalue weighted by molar-refractivity contribution is 6.01. The van der Waals surface area contributed by atoms with Gasteiger partial charge in [-0.25, -0.2) is 0 Å². The van der Waals surface area contributed by atoms with E-state index in [1.165, 1.54) is 31.4 Å². The molecule has 1 nitrogen and oxygen atoms in total. The van der Waals surface area contributed by atoms with Crippen LogP contribution in [0.4, 0.5) is 0 Å². The molecule has 1 heteroatoms. The summed E-state index contributed by atoms with van der Waals surface area (Å²) in [5, 5.41) is 0. The van der Waals surface area contributed by atoms with Crippen molar-refractivity contribution >= 4 is 11.9 Å². The third-order valence-corrected chi connectivity index (χ3v) is 3.24. The van der Waals surface area contributed by atoms with E-state index >= 15 is 0 Å². The van der Waals surface area contributed by atoms with Crippen LogP contribution >= 0.6 is 0 Å². The first-order valence-electron chi connectivity index (χ1n) is 3.81. The van der Waals surface area contributed by atoms with Crippen LogP contribution < -0.4 is 4.67 Å². The first-order chi connectivity index (χ1) is 4.42. The molecular formula is C8H10N+. The molecule has 2 saturated carbocycles. The van der Waals surface area contributed by atoms with Crippen LogP contribution in [0.5, 0.6) is 0 Å². The average Bonchev–Trinajstić information content (AvgIpc) is 2.30. The molecule has 3 rings (SSSR count). The minimum absolute atomic E-state index is 0.667. The second kappa shape index (κ2) is 1.02. The van der Waals surface area contributed by atoms with Gasteiger partial charge in [-0.15, -0.1) is 4.67 Å². The maximum Gasteiger partial charge on any atom is 0.287 e. The molecule has 0 aromatic rings. The molecule has 2 fully saturated rings. The van der Waals surface area contributed by atoms with E-state index in [1.807, 2.05) is 0 Å². The SMILES string of the molecule is C1=[N+]=C2CCC3CC23C1. The number of hydrogen-bond donors (Lipinski definition) is 0. The Bertz CT molecular complexity index is 233. The quantitative estimate of drug-likeness (QED) is 0.419. The molecule has 0 N–H and O–H groups in total. The molecule has 0 aromatic carbocycles. The fourth-order valence-corrected chi connectivity index (χ4v) is 2.55. The summed E-state index contributed by atoms with van der Waals surface area (Å²) in [5.74, 6) is 1.05. The van der Waals surface area contributed by atoms with E-state index in [-0.39, 0.29) is 0 Å². The highest BCUT2D eigenvalue weighted by Gasteiger charge is 2.68. The second-order valence-electron chi connectivity index (χ2n) is 3.56. The molecule has 0 aromatic heterocycles. The van der Waals surface area contributed by atoms with E-state index in [0.29, 0.717) is 5.41 Å². The monoisotopic (exact) mass is 120 g/mol. The van der Waals surface area contributed by atoms with Crippen LogP contribution in [0, 0.1) is 11.3 Å². The zero-order valence-corrected chi connectivity index (χ0v) is 5.43. The number of nitrogens with zero attached hydrogens (tertiary/aromatic N) is 1. The zero-order valence-electron chi connectivity index (χ0n) is 5.43. The van der Waals surface area contributed by atoms with Gasteiger partial charge in [0.05, 0.1) is 11.8 Å². The van der Waals surface area contributed by atoms with Gasteiger partial charge in [-0.3, -0.25) is 0 Å². The van der Waals surface area contributed by atoms with Crippen LogP contribution in [0.2, 0.25) is 0 Å². The van der Waals surface area contributed by atoms with Crippen molar-refractivity contribution in [2.45, 2.75) is 25.7 Å². The first-order valence-corrected chi connectivity index (χ1v) is 3.81. The van der Waals surface area contributed by atoms with Crippen molar-refractivity contribution in [2.24, 2.45) is 11.3 Å². The van der Waals surface area contributed by atoms with Crippen molar-refractivity contribution in [3.05, 3.63) is 0 Å². The molecular weight excluding hydrogens is 110 g/mol. The van der Waals surface area contributed by atoms with Crippen molar-refractivity contribution in [3.8, 4) is 0 Å². The van der Waals surface area contributed by atoms with Gasteiger partial charge < -0.3 is 0 Å². The molecule has 0 amide bonds. The molecule has 2 aliphatic carbocycles. The van der Waals surface area contributed by atoms with Gasteiger partial charge in [0.1, 0.15) is 0 Å². The molecule has 9 heavy (non-hydrogen) atoms. The van der Waals surface area contributed by atoms with E-state index < -0.39 is 0 Å². The molecule has 2 atom stereocenters. The lowest BCUT2D eigenvalue weighted by molar-refractivity contribution is 0.680. The Labute approximate surface area is 54.5 Å². The first kappa shape index (κ1) is 4.29. The Morgan fingerprint density at radius 3 is 3.44 bits per heavy atom. The smallest absolute Gasteiger partial charge is 0.106 e. The summed E-state index contributed by atoms with van der Waals surface area (Å²) in [5.41, 5.74) is 2.20. The number of hydrogen-bond acceptors (Lipinski definition) is 0. The largest absolute Gasteiger partial charge is 0.287 e. The van der Waals surface area contributed by atoms with Crippen LogP contribution in [-0.2, 0) is 0 Å². The van der Waals surface area contributed by atoms with Crippen molar-refractivity contribution in [3.63, 3.8) is 0 Å². The van der Waals surface area contributed by atoms with E-state index in [4.69, 9.17) is 0 Å². The Morgan fingerprint density at radius 1 is 1.67 bits per heavy atom. The van der Waals surface area contributed by atoms with Crippen molar-refractivity contribution in [1.29, 1.82) is 0 Å². The molecule has 2 unspecified atom stereocenters. The molecule has 1 aliphatic heterocycles. The minimum atomic E-state index is 0.667. The predicted octanol–water partition coefficient (Wildman–Crippen LogP) is 0.769. The average molecular weight is 120 g/mol. The van der Waals surface area contributed by atoms with E-state index in [9.17, 15) is 0 Å². The Kier molecular flexibility index (Phi) is 0.486. The lowest BCUT2D eigenvalue weighted by atomic mass is 10.0. The predicted molar refractivity (Wildman–Crippen MR) is 37.6 cm³/mol. The van der Waals surface area contributed by atoms with Gasteiger partial charge in [0, 0.05) is 6.42 Å². The van der Waals surface area contributed by atoms with Crippen molar-refractivity contribution in [2.75, 3.05) is 0 Å². The molecule has 1 spiro atoms. The molecule has 0 saturated heterocycles. The maximum atomic E-state index is 4.40. The summed E-state index contributed by atoms with van der Waals surface area (Å²) in [6, 6.07) is 0. The van der Waals surface area contributed by atoms with Crippen LogP contribution in [0.1, 0.15) is 25.7 Å². The normalized spacial score (nSPS) is 50.7. The topological polar surface area (TPSA) is 14.1 Å². The van der Waals surface area contributed by atoms with Crippen LogP contribution in [0.25, 0.3) is 0 Å². The Balaban J connectivity index is 2.19. The highest BCUT2D eigenvalue weighted by Crippen LogP contribution is 2.63. The fourth-order valence-electron chi connectivity index (χ4n) is 2.55. The molecule has 46 valence electrons. The molecule has 0 bridgehead atoms. The summed E-state index contributed by atoms with van der Waals surface area (Å²) in [7, 11) is 0. The third-order valence-electron chi connectivity index (χ3n) is 3.24. The van der Waals surface area contributed by atoms with Gasteiger partial charge in [0.15, 0.2) is 0 Å². The lowest BCUT2D eigenvalue weighted by Gasteiger charge is -1.91. The zero-order chi connectivity index (χ0) is 5.90. The Hall–Kier alpha value is -0.550. The molecule has 3 aliphatic rings. The minimum Gasteiger partial charge on any atom is -0.106 e. The highest BCUT2D eigenvalue weighted by atomic mass is 14.8. The van der Waals surface area contributed by atoms with Gasteiger partial charge in [-0.1, -0.05) is 0 Å². The van der Waals surface area contributed by atoms with Gasteiger partial charge in [0.2, 0.25) is 0 Å². The summed E-state index contributed by atoms with van der Waals surface area (Å²) in [4.78, 5) is 0. The molecule has 0 radical (unpaired) electrons. The maximum absolute atomic E-state index is 4.40. The summed E-state index contributed by atoms with van der Waals surface area (Å²) in [6.07, 6.45) is 7.59. The van der Waals surface area contributed by atoms with Gasteiger partial charge >= 0.3 is 0 Å². The van der Waals surface area contributed by atoms with Crippen LogP contribution in [-0.4, -0.2) is 11.9 Å². The fraction of sp³-hybridized carbons (Fsp3) is 0.750. The van der Waals surface area contributed by atoms with E-state index in [0.717, 1.165) is 5.92 Å². The summed E-state index contributed by atoms with van der Waals surface area (Å²) < 4.78 is 4.40. The van der Waals surface area contributed by atoms with Crippen molar-refractivity contribution < 1.29 is 0 Å². The van der Waals surface area contributed by atoms with E-state index in [1.54, 1.807) is 0 Å². The van der Waals surface area contributed by atoms with Gasteiger partial charge in [0.25, 0.3) is 11.9 Å². The van der Waals surface area contributed by atoms with E-state index in [2.05, 4.69) is 10.9 Å². The lowest BCUT2D eigenvalue weighted by Crippen LogP contribution is -2.08. The Morgan fingerprint density at radius 2 is 2.67 bits per heavy atom. The van der Waals surface area contributed by atoms with Crippen LogP contribution in [0.3, 0.4) is 0 Å². The second-order valence-corrected chi connectivity index (χ2v) is 3.56. The van der Waals surface area contributed by atoms with Gasteiger partial charge in [-0.05, 0) is 18.8 Å². The standard InChI is InChI=1S/C8H10N/c1-2-7-8(3-4-9-7)5-6(1)8/h4,6H,1-3,5H2/q+1. The molecule has 1 heterocycles. The third kappa shape index (κ3) is 0.316. The van der Waals surface area contributed by atoms with Crippen molar-refractivity contribution in [1.82, 2.24) is 4.67 Å². The summed E-state index contributed by atoms with van der Waals surface area (Å²) >= 11 is 0. The van der Waals surface area contributed by atoms with Gasteiger partial charge in [-0.2, -0.15) is 0 Å². The summed E-state index contributed by atoms with van der Waals surface area (Å²) in [6.45, 7) is 0.